The van der Waals surface area contributed by atoms with Crippen LogP contribution in [0.3, 0.4) is 0 Å². The summed E-state index contributed by atoms with van der Waals surface area (Å²) in [5, 5.41) is 10.3. The number of rotatable bonds is 5. The number of nitrogens with one attached hydrogen (secondary N) is 1. The van der Waals surface area contributed by atoms with Gasteiger partial charge in [-0.2, -0.15) is 5.10 Å². The van der Waals surface area contributed by atoms with E-state index in [2.05, 4.69) is 27.3 Å². The number of likely N-dealkylation sites (N-methyl/N-ethyl adjacent to an activating group) is 1. The van der Waals surface area contributed by atoms with Crippen molar-refractivity contribution < 1.29 is 9.53 Å². The number of aryl methyl sites for hydroxylation is 1. The van der Waals surface area contributed by atoms with Gasteiger partial charge in [0, 0.05) is 30.1 Å². The number of carbonyl (C=O) groups is 1. The molecule has 1 amide bonds. The lowest BCUT2D eigenvalue weighted by Crippen LogP contribution is -2.30. The molecule has 3 aromatic rings. The van der Waals surface area contributed by atoms with E-state index in [0.29, 0.717) is 23.7 Å². The lowest BCUT2D eigenvalue weighted by molar-refractivity contribution is 0.102. The first kappa shape index (κ1) is 17.7. The average Bonchev–Trinajstić information content (AvgIpc) is 3.25. The molecular weight excluding hydrogens is 362 g/mol. The molecule has 27 heavy (non-hydrogen) atoms. The number of anilines is 1. The van der Waals surface area contributed by atoms with Gasteiger partial charge in [0.05, 0.1) is 22.9 Å². The molecule has 0 bridgehead atoms. The van der Waals surface area contributed by atoms with Crippen LogP contribution in [0, 0.1) is 6.92 Å². The summed E-state index contributed by atoms with van der Waals surface area (Å²) in [5.74, 6) is 1.02. The predicted molar refractivity (Wildman–Crippen MR) is 104 cm³/mol. The molecule has 7 nitrogen and oxygen atoms in total. The van der Waals surface area contributed by atoms with Crippen LogP contribution in [-0.2, 0) is 19.7 Å². The maximum atomic E-state index is 12.6. The van der Waals surface area contributed by atoms with Crippen LogP contribution in [0.4, 0.5) is 5.82 Å². The maximum absolute atomic E-state index is 12.6. The lowest BCUT2D eigenvalue weighted by Gasteiger charge is -2.22. The molecule has 0 spiro atoms. The van der Waals surface area contributed by atoms with Crippen LogP contribution >= 0.6 is 11.3 Å². The van der Waals surface area contributed by atoms with Crippen LogP contribution in [0.1, 0.15) is 26.8 Å². The predicted octanol–water partition coefficient (Wildman–Crippen LogP) is 2.92. The van der Waals surface area contributed by atoms with Gasteiger partial charge >= 0.3 is 0 Å². The first-order valence-corrected chi connectivity index (χ1v) is 9.65. The molecule has 0 fully saturated rings. The highest BCUT2D eigenvalue weighted by Crippen LogP contribution is 2.19. The summed E-state index contributed by atoms with van der Waals surface area (Å²) in [5.41, 5.74) is 2.53. The van der Waals surface area contributed by atoms with Crippen molar-refractivity contribution in [2.24, 2.45) is 0 Å². The van der Waals surface area contributed by atoms with Gasteiger partial charge in [-0.3, -0.25) is 14.4 Å². The zero-order valence-corrected chi connectivity index (χ0v) is 16.1. The number of hydrogen-bond donors (Lipinski definition) is 1. The summed E-state index contributed by atoms with van der Waals surface area (Å²) in [6.07, 6.45) is 0. The number of ether oxygens (including phenoxy) is 1. The lowest BCUT2D eigenvalue weighted by atomic mass is 10.2. The molecule has 0 unspecified atom stereocenters. The Kier molecular flexibility index (Phi) is 4.91. The number of thiazole rings is 1. The van der Waals surface area contributed by atoms with Crippen LogP contribution in [0.5, 0.6) is 5.75 Å². The van der Waals surface area contributed by atoms with Gasteiger partial charge < -0.3 is 10.1 Å². The number of benzene rings is 1. The molecule has 0 saturated carbocycles. The van der Waals surface area contributed by atoms with Crippen LogP contribution in [0.25, 0.3) is 0 Å². The second-order valence-electron chi connectivity index (χ2n) is 6.61. The van der Waals surface area contributed by atoms with Gasteiger partial charge in [0.1, 0.15) is 12.4 Å². The normalized spacial score (nSPS) is 14.0. The van der Waals surface area contributed by atoms with E-state index in [0.717, 1.165) is 36.0 Å². The largest absolute Gasteiger partial charge is 0.487 e. The number of carbonyl (C=O) groups excluding carboxylic acids is 1. The summed E-state index contributed by atoms with van der Waals surface area (Å²) in [6, 6.07) is 9.07. The smallest absolute Gasteiger partial charge is 0.256 e. The van der Waals surface area contributed by atoms with Gasteiger partial charge in [0.15, 0.2) is 5.82 Å². The highest BCUT2D eigenvalue weighted by Gasteiger charge is 2.17. The highest BCUT2D eigenvalue weighted by atomic mass is 32.1. The molecular formula is C19H21N5O2S. The summed E-state index contributed by atoms with van der Waals surface area (Å²) in [4.78, 5) is 19.2. The number of nitrogens with zero attached hydrogens (tertiary/aromatic N) is 4. The molecule has 0 aliphatic carbocycles. The Balaban J connectivity index is 1.41. The Hall–Kier alpha value is -2.71. The molecule has 1 aromatic carbocycles. The number of hydrogen-bond acceptors (Lipinski definition) is 6. The van der Waals surface area contributed by atoms with Crippen molar-refractivity contribution >= 4 is 23.1 Å². The standard InChI is InChI=1S/C19H21N5O2S/c1-13-20-15(12-27-13)11-26-17-5-3-4-14(8-17)19(25)21-18-9-16-10-23(2)6-7-24(16)22-18/h3-5,8-9,12H,6-7,10-11H2,1-2H3,(H,21,22,25). The van der Waals surface area contributed by atoms with Gasteiger partial charge in [-0.15, -0.1) is 11.3 Å². The zero-order valence-electron chi connectivity index (χ0n) is 15.3. The molecule has 140 valence electrons. The molecule has 0 atom stereocenters. The molecule has 3 heterocycles. The molecule has 0 saturated heterocycles. The molecule has 8 heteroatoms. The van der Waals surface area contributed by atoms with E-state index in [9.17, 15) is 4.79 Å². The van der Waals surface area contributed by atoms with Gasteiger partial charge in [-0.1, -0.05) is 6.07 Å². The summed E-state index contributed by atoms with van der Waals surface area (Å²) in [6.45, 7) is 4.98. The first-order valence-electron chi connectivity index (χ1n) is 8.77. The minimum atomic E-state index is -0.200. The second-order valence-corrected chi connectivity index (χ2v) is 7.67. The van der Waals surface area contributed by atoms with Crippen LogP contribution in [0.15, 0.2) is 35.7 Å². The highest BCUT2D eigenvalue weighted by molar-refractivity contribution is 7.09. The molecule has 1 aliphatic heterocycles. The van der Waals surface area contributed by atoms with Gasteiger partial charge in [-0.05, 0) is 32.2 Å². The van der Waals surface area contributed by atoms with Crippen molar-refractivity contribution in [1.29, 1.82) is 0 Å². The Labute approximate surface area is 161 Å². The minimum Gasteiger partial charge on any atom is -0.487 e. The van der Waals surface area contributed by atoms with E-state index in [-0.39, 0.29) is 5.91 Å². The summed E-state index contributed by atoms with van der Waals surface area (Å²) in [7, 11) is 2.08. The van der Waals surface area contributed by atoms with E-state index in [1.807, 2.05) is 35.2 Å². The first-order chi connectivity index (χ1) is 13.1. The van der Waals surface area contributed by atoms with Crippen molar-refractivity contribution in [2.45, 2.75) is 26.6 Å². The average molecular weight is 383 g/mol. The fraction of sp³-hybridized carbons (Fsp3) is 0.316. The molecule has 4 rings (SSSR count). The quantitative estimate of drug-likeness (QED) is 0.733. The number of fused-ring (bicyclic) bond motifs is 1. The van der Waals surface area contributed by atoms with Crippen molar-refractivity contribution in [3.05, 3.63) is 57.7 Å². The van der Waals surface area contributed by atoms with E-state index < -0.39 is 0 Å². The Bertz CT molecular complexity index is 965. The van der Waals surface area contributed by atoms with Crippen molar-refractivity contribution in [3.63, 3.8) is 0 Å². The topological polar surface area (TPSA) is 72.3 Å². The second kappa shape index (κ2) is 7.50. The minimum absolute atomic E-state index is 0.200. The van der Waals surface area contributed by atoms with Gasteiger partial charge in [0.25, 0.3) is 5.91 Å². The SMILES string of the molecule is Cc1nc(COc2cccc(C(=O)Nc3cc4n(n3)CCN(C)C4)c2)cs1. The fourth-order valence-corrected chi connectivity index (χ4v) is 3.60. The molecule has 1 N–H and O–H groups in total. The summed E-state index contributed by atoms with van der Waals surface area (Å²) < 4.78 is 7.71. The molecule has 0 radical (unpaired) electrons. The van der Waals surface area contributed by atoms with E-state index in [1.54, 1.807) is 23.5 Å². The summed E-state index contributed by atoms with van der Waals surface area (Å²) >= 11 is 1.59. The molecule has 2 aromatic heterocycles. The Morgan fingerprint density at radius 3 is 3.04 bits per heavy atom. The van der Waals surface area contributed by atoms with E-state index in [1.165, 1.54) is 0 Å². The van der Waals surface area contributed by atoms with E-state index in [4.69, 9.17) is 4.74 Å². The van der Waals surface area contributed by atoms with Crippen LogP contribution in [-0.4, -0.2) is 39.2 Å². The van der Waals surface area contributed by atoms with Gasteiger partial charge in [-0.25, -0.2) is 4.98 Å². The van der Waals surface area contributed by atoms with Crippen molar-refractivity contribution in [3.8, 4) is 5.75 Å². The van der Waals surface area contributed by atoms with Crippen LogP contribution in [0.2, 0.25) is 0 Å². The van der Waals surface area contributed by atoms with Crippen LogP contribution < -0.4 is 10.1 Å². The molecule has 1 aliphatic rings. The van der Waals surface area contributed by atoms with Crippen molar-refractivity contribution in [2.75, 3.05) is 18.9 Å². The Morgan fingerprint density at radius 1 is 1.33 bits per heavy atom. The number of aromatic nitrogens is 3. The fourth-order valence-electron chi connectivity index (χ4n) is 3.01. The third-order valence-corrected chi connectivity index (χ3v) is 5.20. The maximum Gasteiger partial charge on any atom is 0.256 e. The zero-order chi connectivity index (χ0) is 18.8. The third-order valence-electron chi connectivity index (χ3n) is 4.38. The monoisotopic (exact) mass is 383 g/mol. The van der Waals surface area contributed by atoms with Crippen molar-refractivity contribution in [1.82, 2.24) is 19.7 Å². The number of amides is 1. The van der Waals surface area contributed by atoms with Gasteiger partial charge in [0.2, 0.25) is 0 Å². The van der Waals surface area contributed by atoms with E-state index >= 15 is 0 Å². The Morgan fingerprint density at radius 2 is 2.22 bits per heavy atom. The third kappa shape index (κ3) is 4.17.